The van der Waals surface area contributed by atoms with E-state index in [0.29, 0.717) is 6.04 Å². The molecular formula is C13H27N3O. The van der Waals surface area contributed by atoms with E-state index in [2.05, 4.69) is 11.9 Å². The van der Waals surface area contributed by atoms with E-state index < -0.39 is 0 Å². The molecule has 0 heterocycles. The molecule has 0 aromatic heterocycles. The summed E-state index contributed by atoms with van der Waals surface area (Å²) < 4.78 is 0. The molecular weight excluding hydrogens is 214 g/mol. The van der Waals surface area contributed by atoms with Crippen LogP contribution in [0.25, 0.3) is 0 Å². The van der Waals surface area contributed by atoms with Crippen molar-refractivity contribution < 1.29 is 4.79 Å². The van der Waals surface area contributed by atoms with Crippen LogP contribution in [-0.2, 0) is 4.79 Å². The highest BCUT2D eigenvalue weighted by molar-refractivity contribution is 5.80. The lowest BCUT2D eigenvalue weighted by molar-refractivity contribution is -0.131. The lowest BCUT2D eigenvalue weighted by Crippen LogP contribution is -2.44. The van der Waals surface area contributed by atoms with Crippen LogP contribution in [0.15, 0.2) is 0 Å². The third-order valence-electron chi connectivity index (χ3n) is 3.75. The Balaban J connectivity index is 2.26. The van der Waals surface area contributed by atoms with Crippen molar-refractivity contribution in [2.45, 2.75) is 51.1 Å². The van der Waals surface area contributed by atoms with Crippen LogP contribution in [0.1, 0.15) is 39.0 Å². The molecule has 2 N–H and O–H groups in total. The summed E-state index contributed by atoms with van der Waals surface area (Å²) in [5.41, 5.74) is 5.58. The minimum Gasteiger partial charge on any atom is -0.343 e. The van der Waals surface area contributed by atoms with Gasteiger partial charge in [-0.2, -0.15) is 0 Å². The zero-order valence-corrected chi connectivity index (χ0v) is 11.5. The van der Waals surface area contributed by atoms with Crippen LogP contribution in [0.2, 0.25) is 0 Å². The van der Waals surface area contributed by atoms with Gasteiger partial charge in [0.15, 0.2) is 0 Å². The van der Waals surface area contributed by atoms with Gasteiger partial charge in [0.1, 0.15) is 0 Å². The summed E-state index contributed by atoms with van der Waals surface area (Å²) in [5, 5.41) is 0. The number of rotatable bonds is 5. The van der Waals surface area contributed by atoms with Crippen LogP contribution >= 0.6 is 0 Å². The standard InChI is InChI=1S/C13H27N3O/c1-11(14)13(17)16(3)10-9-15(2)12-7-5-4-6-8-12/h11-12H,4-10,14H2,1-3H3/t11-/m1/s1. The first-order chi connectivity index (χ1) is 8.02. The number of carbonyl (C=O) groups excluding carboxylic acids is 1. The number of likely N-dealkylation sites (N-methyl/N-ethyl adjacent to an activating group) is 2. The Morgan fingerprint density at radius 3 is 2.35 bits per heavy atom. The monoisotopic (exact) mass is 241 g/mol. The molecule has 1 rings (SSSR count). The van der Waals surface area contributed by atoms with Gasteiger partial charge in [0.05, 0.1) is 6.04 Å². The number of carbonyl (C=O) groups is 1. The van der Waals surface area contributed by atoms with Crippen LogP contribution in [0, 0.1) is 0 Å². The van der Waals surface area contributed by atoms with E-state index in [-0.39, 0.29) is 11.9 Å². The van der Waals surface area contributed by atoms with Gasteiger partial charge in [0, 0.05) is 26.2 Å². The Morgan fingerprint density at radius 2 is 1.82 bits per heavy atom. The average molecular weight is 241 g/mol. The number of nitrogens with two attached hydrogens (primary N) is 1. The summed E-state index contributed by atoms with van der Waals surface area (Å²) in [6.45, 7) is 3.46. The smallest absolute Gasteiger partial charge is 0.238 e. The third kappa shape index (κ3) is 4.64. The first kappa shape index (κ1) is 14.5. The molecule has 0 aromatic carbocycles. The van der Waals surface area contributed by atoms with Gasteiger partial charge in [-0.1, -0.05) is 19.3 Å². The molecule has 17 heavy (non-hydrogen) atoms. The van der Waals surface area contributed by atoms with E-state index in [1.54, 1.807) is 11.8 Å². The normalized spacial score (nSPS) is 19.4. The lowest BCUT2D eigenvalue weighted by atomic mass is 9.94. The third-order valence-corrected chi connectivity index (χ3v) is 3.75. The summed E-state index contributed by atoms with van der Waals surface area (Å²) >= 11 is 0. The summed E-state index contributed by atoms with van der Waals surface area (Å²) in [5.74, 6) is 0.0297. The number of hydrogen-bond acceptors (Lipinski definition) is 3. The predicted octanol–water partition coefficient (Wildman–Crippen LogP) is 1.06. The quantitative estimate of drug-likeness (QED) is 0.783. The first-order valence-electron chi connectivity index (χ1n) is 6.73. The lowest BCUT2D eigenvalue weighted by Gasteiger charge is -2.32. The van der Waals surface area contributed by atoms with Crippen LogP contribution in [0.5, 0.6) is 0 Å². The van der Waals surface area contributed by atoms with Crippen molar-refractivity contribution in [1.82, 2.24) is 9.80 Å². The van der Waals surface area contributed by atoms with Gasteiger partial charge in [-0.25, -0.2) is 0 Å². The summed E-state index contributed by atoms with van der Waals surface area (Å²) in [7, 11) is 4.00. The Morgan fingerprint density at radius 1 is 1.24 bits per heavy atom. The molecule has 0 aliphatic heterocycles. The largest absolute Gasteiger partial charge is 0.343 e. The van der Waals surface area contributed by atoms with Crippen molar-refractivity contribution in [3.05, 3.63) is 0 Å². The highest BCUT2D eigenvalue weighted by Crippen LogP contribution is 2.21. The van der Waals surface area contributed by atoms with Gasteiger partial charge in [-0.3, -0.25) is 4.79 Å². The fraction of sp³-hybridized carbons (Fsp3) is 0.923. The van der Waals surface area contributed by atoms with Gasteiger partial charge < -0.3 is 15.5 Å². The van der Waals surface area contributed by atoms with E-state index in [0.717, 1.165) is 13.1 Å². The maximum Gasteiger partial charge on any atom is 0.238 e. The predicted molar refractivity (Wildman–Crippen MR) is 70.8 cm³/mol. The number of hydrogen-bond donors (Lipinski definition) is 1. The van der Waals surface area contributed by atoms with Crippen LogP contribution in [0.3, 0.4) is 0 Å². The van der Waals surface area contributed by atoms with E-state index in [1.165, 1.54) is 32.1 Å². The molecule has 1 aliphatic carbocycles. The van der Waals surface area contributed by atoms with Gasteiger partial charge in [-0.15, -0.1) is 0 Å². The van der Waals surface area contributed by atoms with Crippen molar-refractivity contribution in [2.24, 2.45) is 5.73 Å². The Labute approximate surface area is 105 Å². The van der Waals surface area contributed by atoms with Crippen molar-refractivity contribution in [2.75, 3.05) is 27.2 Å². The van der Waals surface area contributed by atoms with E-state index in [1.807, 2.05) is 7.05 Å². The molecule has 0 saturated heterocycles. The zero-order chi connectivity index (χ0) is 12.8. The van der Waals surface area contributed by atoms with Crippen molar-refractivity contribution in [3.63, 3.8) is 0 Å². The maximum absolute atomic E-state index is 11.6. The Kier molecular flexibility index (Phi) is 5.92. The van der Waals surface area contributed by atoms with Gasteiger partial charge in [0.25, 0.3) is 0 Å². The van der Waals surface area contributed by atoms with Crippen LogP contribution in [0.4, 0.5) is 0 Å². The highest BCUT2D eigenvalue weighted by atomic mass is 16.2. The average Bonchev–Trinajstić information content (AvgIpc) is 2.35. The minimum atomic E-state index is -0.389. The second-order valence-electron chi connectivity index (χ2n) is 5.32. The van der Waals surface area contributed by atoms with Crippen LogP contribution in [-0.4, -0.2) is 55.0 Å². The topological polar surface area (TPSA) is 49.6 Å². The fourth-order valence-electron chi connectivity index (χ4n) is 2.47. The van der Waals surface area contributed by atoms with Crippen molar-refractivity contribution in [3.8, 4) is 0 Å². The molecule has 0 unspecified atom stereocenters. The molecule has 0 spiro atoms. The molecule has 1 amide bonds. The minimum absolute atomic E-state index is 0.0297. The van der Waals surface area contributed by atoms with Gasteiger partial charge in [-0.05, 0) is 26.8 Å². The SMILES string of the molecule is C[C@@H](N)C(=O)N(C)CCN(C)C1CCCCC1. The molecule has 0 radical (unpaired) electrons. The molecule has 4 nitrogen and oxygen atoms in total. The summed E-state index contributed by atoms with van der Waals surface area (Å²) in [4.78, 5) is 15.7. The van der Waals surface area contributed by atoms with E-state index in [9.17, 15) is 4.79 Å². The molecule has 0 bridgehead atoms. The Hall–Kier alpha value is -0.610. The number of amides is 1. The van der Waals surface area contributed by atoms with E-state index in [4.69, 9.17) is 5.73 Å². The van der Waals surface area contributed by atoms with E-state index >= 15 is 0 Å². The second-order valence-corrected chi connectivity index (χ2v) is 5.32. The molecule has 0 aromatic rings. The maximum atomic E-state index is 11.6. The zero-order valence-electron chi connectivity index (χ0n) is 11.5. The van der Waals surface area contributed by atoms with Gasteiger partial charge in [0.2, 0.25) is 5.91 Å². The molecule has 1 fully saturated rings. The molecule has 1 saturated carbocycles. The summed E-state index contributed by atoms with van der Waals surface area (Å²) in [6.07, 6.45) is 6.70. The molecule has 1 aliphatic rings. The van der Waals surface area contributed by atoms with Crippen LogP contribution < -0.4 is 5.73 Å². The van der Waals surface area contributed by atoms with Crippen molar-refractivity contribution in [1.29, 1.82) is 0 Å². The van der Waals surface area contributed by atoms with Gasteiger partial charge >= 0.3 is 0 Å². The summed E-state index contributed by atoms with van der Waals surface area (Å²) in [6, 6.07) is 0.322. The second kappa shape index (κ2) is 6.97. The first-order valence-corrected chi connectivity index (χ1v) is 6.73. The number of nitrogens with zero attached hydrogens (tertiary/aromatic N) is 2. The van der Waals surface area contributed by atoms with Crippen molar-refractivity contribution >= 4 is 5.91 Å². The molecule has 4 heteroatoms. The highest BCUT2D eigenvalue weighted by Gasteiger charge is 2.19. The Bertz CT molecular complexity index is 237. The molecule has 1 atom stereocenters. The fourth-order valence-corrected chi connectivity index (χ4v) is 2.47. The molecule has 100 valence electrons.